The zero-order valence-electron chi connectivity index (χ0n) is 23.6. The Morgan fingerprint density at radius 3 is 2.62 bits per heavy atom. The minimum absolute atomic E-state index is 0.131. The number of imidazole rings is 1. The summed E-state index contributed by atoms with van der Waals surface area (Å²) in [6, 6.07) is 8.52. The monoisotopic (exact) mass is 529 g/mol. The molecule has 2 unspecified atom stereocenters. The van der Waals surface area contributed by atoms with Gasteiger partial charge in [0.2, 0.25) is 5.82 Å². The summed E-state index contributed by atoms with van der Waals surface area (Å²) in [5, 5.41) is 17.8. The maximum Gasteiger partial charge on any atom is 0.328 e. The van der Waals surface area contributed by atoms with Gasteiger partial charge in [0.05, 0.1) is 5.41 Å². The highest BCUT2D eigenvalue weighted by Crippen LogP contribution is 2.37. The second kappa shape index (κ2) is 12.2. The molecule has 208 valence electrons. The Balaban J connectivity index is 1.58. The Bertz CT molecular complexity index is 1320. The number of aryl methyl sites for hydroxylation is 1. The molecule has 2 aromatic heterocycles. The van der Waals surface area contributed by atoms with E-state index in [1.807, 2.05) is 24.5 Å². The Morgan fingerprint density at radius 1 is 1.10 bits per heavy atom. The van der Waals surface area contributed by atoms with Crippen molar-refractivity contribution in [1.29, 1.82) is 0 Å². The average molecular weight is 530 g/mol. The number of hydrogen-bond donors (Lipinski definition) is 2. The number of aromatic amines is 1. The highest BCUT2D eigenvalue weighted by molar-refractivity contribution is 5.57. The van der Waals surface area contributed by atoms with Crippen LogP contribution >= 0.6 is 0 Å². The molecule has 8 nitrogen and oxygen atoms in total. The minimum atomic E-state index is -0.486. The van der Waals surface area contributed by atoms with E-state index in [2.05, 4.69) is 86.3 Å². The van der Waals surface area contributed by atoms with E-state index >= 15 is 0 Å². The number of nitrogens with one attached hydrogen (secondary N) is 2. The van der Waals surface area contributed by atoms with Crippen LogP contribution in [0.5, 0.6) is 0 Å². The van der Waals surface area contributed by atoms with Gasteiger partial charge in [0.15, 0.2) is 0 Å². The minimum Gasteiger partial charge on any atom is -0.368 e. The number of benzene rings is 1. The first-order valence-electron chi connectivity index (χ1n) is 14.8. The van der Waals surface area contributed by atoms with E-state index in [1.165, 1.54) is 32.1 Å². The molecule has 2 N–H and O–H groups in total. The number of rotatable bonds is 9. The molecule has 3 aromatic rings. The molecule has 1 aliphatic heterocycles. The van der Waals surface area contributed by atoms with Crippen LogP contribution in [-0.2, 0) is 18.4 Å². The van der Waals surface area contributed by atoms with E-state index in [0.29, 0.717) is 24.2 Å². The van der Waals surface area contributed by atoms with Crippen LogP contribution in [0.15, 0.2) is 59.8 Å². The standard InChI is InChI=1S/C31H43N7O/c1-4-5-13-26-21-37(28-15-9-7-6-8-14-27(28)23(2)3)30(39)38(26)22-31(16-18-32-19-17-31)25-12-10-11-24(20-25)29-33-35-36-34-29/h10-12,16-21,23,27-28,32H,4-9,13-15,22H2,1-3H3,(H,33,34,35,36). The van der Waals surface area contributed by atoms with Gasteiger partial charge in [-0.15, -0.1) is 10.2 Å². The number of H-pyrrole nitrogens is 1. The molecule has 2 atom stereocenters. The van der Waals surface area contributed by atoms with Gasteiger partial charge in [0.1, 0.15) is 0 Å². The number of hydrogen-bond acceptors (Lipinski definition) is 5. The summed E-state index contributed by atoms with van der Waals surface area (Å²) in [6.07, 6.45) is 20.9. The SMILES string of the molecule is CCCCc1cn(C2CCCCCCC2C(C)C)c(=O)n1CC1(c2cccc(-c3nn[nH]n3)c2)C=CNC=C1. The van der Waals surface area contributed by atoms with Crippen molar-refractivity contribution >= 4 is 0 Å². The van der Waals surface area contributed by atoms with Crippen molar-refractivity contribution in [2.24, 2.45) is 11.8 Å². The van der Waals surface area contributed by atoms with Crippen LogP contribution in [0.4, 0.5) is 0 Å². The molecule has 0 bridgehead atoms. The van der Waals surface area contributed by atoms with Gasteiger partial charge in [-0.3, -0.25) is 9.13 Å². The fourth-order valence-corrected chi connectivity index (χ4v) is 6.52. The fraction of sp³-hybridized carbons (Fsp3) is 0.548. The molecule has 2 aliphatic rings. The molecule has 0 saturated heterocycles. The Morgan fingerprint density at radius 2 is 1.90 bits per heavy atom. The van der Waals surface area contributed by atoms with E-state index in [-0.39, 0.29) is 11.7 Å². The van der Waals surface area contributed by atoms with Gasteiger partial charge in [-0.2, -0.15) is 5.21 Å². The molecule has 1 saturated carbocycles. The van der Waals surface area contributed by atoms with Crippen molar-refractivity contribution < 1.29 is 0 Å². The second-order valence-corrected chi connectivity index (χ2v) is 11.7. The quantitative estimate of drug-likeness (QED) is 0.359. The van der Waals surface area contributed by atoms with Gasteiger partial charge in [-0.25, -0.2) is 4.79 Å². The maximum absolute atomic E-state index is 14.3. The number of nitrogens with zero attached hydrogens (tertiary/aromatic N) is 5. The summed E-state index contributed by atoms with van der Waals surface area (Å²) in [7, 11) is 0. The van der Waals surface area contributed by atoms with E-state index < -0.39 is 5.41 Å². The van der Waals surface area contributed by atoms with Crippen LogP contribution < -0.4 is 11.0 Å². The molecule has 0 amide bonds. The molecular formula is C31H43N7O. The number of aromatic nitrogens is 6. The number of allylic oxidation sites excluding steroid dienone is 2. The molecule has 1 aliphatic carbocycles. The molecular weight excluding hydrogens is 486 g/mol. The smallest absolute Gasteiger partial charge is 0.328 e. The van der Waals surface area contributed by atoms with Gasteiger partial charge in [0, 0.05) is 30.0 Å². The number of unbranched alkanes of at least 4 members (excludes halogenated alkanes) is 1. The molecule has 8 heteroatoms. The van der Waals surface area contributed by atoms with Crippen molar-refractivity contribution in [3.8, 4) is 11.4 Å². The lowest BCUT2D eigenvalue weighted by Crippen LogP contribution is -2.38. The van der Waals surface area contributed by atoms with Crippen molar-refractivity contribution in [3.63, 3.8) is 0 Å². The lowest BCUT2D eigenvalue weighted by Gasteiger charge is -2.33. The van der Waals surface area contributed by atoms with Gasteiger partial charge >= 0.3 is 5.69 Å². The largest absolute Gasteiger partial charge is 0.368 e. The average Bonchev–Trinajstić information content (AvgIpc) is 3.57. The summed E-state index contributed by atoms with van der Waals surface area (Å²) in [6.45, 7) is 7.42. The predicted octanol–water partition coefficient (Wildman–Crippen LogP) is 5.91. The lowest BCUT2D eigenvalue weighted by molar-refractivity contribution is 0.200. The topological polar surface area (TPSA) is 93.4 Å². The maximum atomic E-state index is 14.3. The van der Waals surface area contributed by atoms with E-state index in [9.17, 15) is 4.79 Å². The second-order valence-electron chi connectivity index (χ2n) is 11.7. The Hall–Kier alpha value is -3.42. The van der Waals surface area contributed by atoms with Crippen LogP contribution in [0.25, 0.3) is 11.4 Å². The number of tetrazole rings is 1. The molecule has 0 radical (unpaired) electrons. The predicted molar refractivity (Wildman–Crippen MR) is 155 cm³/mol. The van der Waals surface area contributed by atoms with E-state index in [0.717, 1.165) is 42.5 Å². The summed E-state index contributed by atoms with van der Waals surface area (Å²) in [4.78, 5) is 14.3. The van der Waals surface area contributed by atoms with E-state index in [4.69, 9.17) is 0 Å². The third-order valence-corrected chi connectivity index (χ3v) is 8.75. The highest BCUT2D eigenvalue weighted by Gasteiger charge is 2.34. The Labute approximate surface area is 231 Å². The van der Waals surface area contributed by atoms with Gasteiger partial charge in [-0.05, 0) is 66.8 Å². The summed E-state index contributed by atoms with van der Waals surface area (Å²) < 4.78 is 4.19. The third-order valence-electron chi connectivity index (χ3n) is 8.75. The van der Waals surface area contributed by atoms with Gasteiger partial charge in [-0.1, -0.05) is 83.2 Å². The van der Waals surface area contributed by atoms with E-state index in [1.54, 1.807) is 0 Å². The zero-order chi connectivity index (χ0) is 27.2. The fourth-order valence-electron chi connectivity index (χ4n) is 6.52. The summed E-state index contributed by atoms with van der Waals surface area (Å²) in [5.41, 5.74) is 2.77. The van der Waals surface area contributed by atoms with Crippen molar-refractivity contribution in [1.82, 2.24) is 35.1 Å². The van der Waals surface area contributed by atoms with Crippen LogP contribution in [0.2, 0.25) is 0 Å². The molecule has 39 heavy (non-hydrogen) atoms. The van der Waals surface area contributed by atoms with Crippen molar-refractivity contribution in [3.05, 3.63) is 76.8 Å². The molecule has 3 heterocycles. The molecule has 0 spiro atoms. The summed E-state index contributed by atoms with van der Waals surface area (Å²) >= 11 is 0. The van der Waals surface area contributed by atoms with Crippen molar-refractivity contribution in [2.45, 2.75) is 96.6 Å². The highest BCUT2D eigenvalue weighted by atomic mass is 16.1. The summed E-state index contributed by atoms with van der Waals surface area (Å²) in [5.74, 6) is 1.64. The third kappa shape index (κ3) is 5.80. The van der Waals surface area contributed by atoms with Crippen LogP contribution in [0.1, 0.15) is 89.4 Å². The first-order valence-corrected chi connectivity index (χ1v) is 14.8. The lowest BCUT2D eigenvalue weighted by atomic mass is 9.78. The molecule has 1 fully saturated rings. The number of dihydropyridines is 1. The molecule has 5 rings (SSSR count). The first kappa shape index (κ1) is 27.2. The normalized spacial score (nSPS) is 21.0. The zero-order valence-corrected chi connectivity index (χ0v) is 23.6. The van der Waals surface area contributed by atoms with Crippen molar-refractivity contribution in [2.75, 3.05) is 0 Å². The van der Waals surface area contributed by atoms with Crippen LogP contribution in [-0.4, -0.2) is 29.8 Å². The molecule has 1 aromatic carbocycles. The van der Waals surface area contributed by atoms with Crippen LogP contribution in [0, 0.1) is 11.8 Å². The van der Waals surface area contributed by atoms with Crippen LogP contribution in [0.3, 0.4) is 0 Å². The van der Waals surface area contributed by atoms with Gasteiger partial charge < -0.3 is 5.32 Å². The first-order chi connectivity index (χ1) is 19.0. The Kier molecular flexibility index (Phi) is 8.48. The van der Waals surface area contributed by atoms with Gasteiger partial charge in [0.25, 0.3) is 0 Å².